The number of carbonyl (C=O) groups is 2. The first-order valence-corrected chi connectivity index (χ1v) is 8.33. The molecule has 1 aliphatic rings. The van der Waals surface area contributed by atoms with Crippen molar-refractivity contribution in [3.8, 4) is 5.75 Å². The number of carbonyl (C=O) groups excluding carboxylic acids is 1. The summed E-state index contributed by atoms with van der Waals surface area (Å²) in [4.78, 5) is 34.6. The van der Waals surface area contributed by atoms with Gasteiger partial charge in [-0.05, 0) is 20.8 Å². The number of benzene rings is 1. The van der Waals surface area contributed by atoms with Crippen LogP contribution in [0.5, 0.6) is 5.75 Å². The number of amides is 1. The topological polar surface area (TPSA) is 119 Å². The fourth-order valence-corrected chi connectivity index (χ4v) is 2.62. The highest BCUT2D eigenvalue weighted by Gasteiger charge is 2.29. The molecule has 1 aromatic carbocycles. The number of ether oxygens (including phenoxy) is 2. The molecule has 1 fully saturated rings. The minimum absolute atomic E-state index is 0.333. The lowest BCUT2D eigenvalue weighted by Gasteiger charge is -2.33. The molecule has 27 heavy (non-hydrogen) atoms. The van der Waals surface area contributed by atoms with Crippen LogP contribution in [0.3, 0.4) is 0 Å². The summed E-state index contributed by atoms with van der Waals surface area (Å²) in [5, 5.41) is 19.9. The quantitative estimate of drug-likeness (QED) is 0.625. The number of nitrogens with zero attached hydrogens (tertiary/aromatic N) is 2. The lowest BCUT2D eigenvalue weighted by atomic mass is 10.1. The number of hydrogen-bond acceptors (Lipinski definition) is 6. The highest BCUT2D eigenvalue weighted by Crippen LogP contribution is 2.30. The smallest absolute Gasteiger partial charge is 0.410 e. The van der Waals surface area contributed by atoms with Gasteiger partial charge in [0.1, 0.15) is 17.3 Å². The van der Waals surface area contributed by atoms with Crippen molar-refractivity contribution in [3.05, 3.63) is 33.6 Å². The van der Waals surface area contributed by atoms with E-state index >= 15 is 0 Å². The number of carboxylic acids is 1. The Morgan fingerprint density at radius 1 is 1.30 bits per heavy atom. The number of nitro groups is 1. The average molecular weight is 384 g/mol. The second-order valence-corrected chi connectivity index (χ2v) is 7.15. The van der Waals surface area contributed by atoms with Crippen LogP contribution in [0.25, 0.3) is 0 Å². The molecule has 0 saturated carbocycles. The Hall–Kier alpha value is -2.91. The average Bonchev–Trinajstić information content (AvgIpc) is 2.55. The van der Waals surface area contributed by atoms with Crippen molar-refractivity contribution in [1.82, 2.24) is 4.90 Å². The number of nitro benzene ring substituents is 1. The maximum Gasteiger partial charge on any atom is 0.410 e. The van der Waals surface area contributed by atoms with Crippen LogP contribution in [-0.4, -0.2) is 51.8 Å². The second kappa shape index (κ2) is 7.77. The molecule has 1 aromatic rings. The van der Waals surface area contributed by atoms with Gasteiger partial charge in [-0.2, -0.15) is 0 Å². The number of halogens is 1. The monoisotopic (exact) mass is 384 g/mol. The molecule has 1 aliphatic heterocycles. The summed E-state index contributed by atoms with van der Waals surface area (Å²) in [7, 11) is 0. The normalized spacial score (nSPS) is 15.3. The zero-order valence-electron chi connectivity index (χ0n) is 15.2. The molecule has 1 N–H and O–H groups in total. The van der Waals surface area contributed by atoms with Gasteiger partial charge in [-0.15, -0.1) is 0 Å². The molecule has 0 aromatic heterocycles. The van der Waals surface area contributed by atoms with Crippen LogP contribution in [0.2, 0.25) is 0 Å². The Labute approximate surface area is 154 Å². The maximum atomic E-state index is 14.1. The molecule has 9 nitrogen and oxygen atoms in total. The van der Waals surface area contributed by atoms with Gasteiger partial charge in [0, 0.05) is 32.0 Å². The first-order chi connectivity index (χ1) is 12.5. The summed E-state index contributed by atoms with van der Waals surface area (Å²) in [5.41, 5.74) is -2.10. The molecule has 148 valence electrons. The number of hydrogen-bond donors (Lipinski definition) is 1. The minimum atomic E-state index is -1.55. The molecule has 0 unspecified atom stereocenters. The van der Waals surface area contributed by atoms with Gasteiger partial charge >= 0.3 is 12.1 Å². The SMILES string of the molecule is CC(C)(C)OC(=O)N1CCC(Oc2cc(C(=O)O)c([N+](=O)[O-])cc2F)CC1. The van der Waals surface area contributed by atoms with Crippen molar-refractivity contribution in [2.75, 3.05) is 13.1 Å². The molecule has 0 spiro atoms. The molecule has 1 amide bonds. The lowest BCUT2D eigenvalue weighted by Crippen LogP contribution is -2.44. The van der Waals surface area contributed by atoms with Gasteiger partial charge in [0.25, 0.3) is 5.69 Å². The van der Waals surface area contributed by atoms with E-state index in [4.69, 9.17) is 14.6 Å². The Balaban J connectivity index is 2.05. The molecule has 1 heterocycles. The Morgan fingerprint density at radius 3 is 2.37 bits per heavy atom. The number of rotatable bonds is 4. The van der Waals surface area contributed by atoms with Crippen LogP contribution < -0.4 is 4.74 Å². The van der Waals surface area contributed by atoms with Crippen LogP contribution in [0.1, 0.15) is 44.0 Å². The standard InChI is InChI=1S/C17H21FN2O7/c1-17(2,3)27-16(23)19-6-4-10(5-7-19)26-14-8-11(15(21)22)13(20(24)25)9-12(14)18/h8-10H,4-7H2,1-3H3,(H,21,22). The minimum Gasteiger partial charge on any atom is -0.487 e. The van der Waals surface area contributed by atoms with Gasteiger partial charge in [-0.3, -0.25) is 10.1 Å². The summed E-state index contributed by atoms with van der Waals surface area (Å²) in [6.45, 7) is 5.95. The molecule has 10 heteroatoms. The summed E-state index contributed by atoms with van der Waals surface area (Å²) in [6.07, 6.45) is -0.132. The Bertz CT molecular complexity index is 752. The van der Waals surface area contributed by atoms with Crippen molar-refractivity contribution < 1.29 is 33.5 Å². The molecule has 0 atom stereocenters. The van der Waals surface area contributed by atoms with E-state index < -0.39 is 45.8 Å². The van der Waals surface area contributed by atoms with Crippen molar-refractivity contribution in [2.24, 2.45) is 0 Å². The van der Waals surface area contributed by atoms with E-state index in [-0.39, 0.29) is 5.75 Å². The summed E-state index contributed by atoms with van der Waals surface area (Å²) in [5.74, 6) is -2.93. The number of piperidine rings is 1. The molecule has 0 bridgehead atoms. The fraction of sp³-hybridized carbons (Fsp3) is 0.529. The molecule has 0 aliphatic carbocycles. The number of aromatic carboxylic acids is 1. The van der Waals surface area contributed by atoms with Crippen LogP contribution in [-0.2, 0) is 4.74 Å². The van der Waals surface area contributed by atoms with Gasteiger partial charge in [0.15, 0.2) is 11.6 Å². The van der Waals surface area contributed by atoms with E-state index in [2.05, 4.69) is 0 Å². The van der Waals surface area contributed by atoms with Gasteiger partial charge in [0.05, 0.1) is 11.0 Å². The third kappa shape index (κ3) is 5.28. The maximum absolute atomic E-state index is 14.1. The molecule has 2 rings (SSSR count). The first kappa shape index (κ1) is 20.4. The zero-order chi connectivity index (χ0) is 20.4. The van der Waals surface area contributed by atoms with Crippen molar-refractivity contribution >= 4 is 17.7 Å². The van der Waals surface area contributed by atoms with Crippen LogP contribution >= 0.6 is 0 Å². The number of carboxylic acid groups (broad SMARTS) is 1. The highest BCUT2D eigenvalue weighted by atomic mass is 19.1. The van der Waals surface area contributed by atoms with Crippen molar-refractivity contribution in [1.29, 1.82) is 0 Å². The Morgan fingerprint density at radius 2 is 1.89 bits per heavy atom. The summed E-state index contributed by atoms with van der Waals surface area (Å²) >= 11 is 0. The Kier molecular flexibility index (Phi) is 5.87. The van der Waals surface area contributed by atoms with Crippen LogP contribution in [0.15, 0.2) is 12.1 Å². The second-order valence-electron chi connectivity index (χ2n) is 7.15. The molecule has 1 saturated heterocycles. The predicted molar refractivity (Wildman–Crippen MR) is 91.5 cm³/mol. The molecular formula is C17H21FN2O7. The molecular weight excluding hydrogens is 363 g/mol. The van der Waals surface area contributed by atoms with Crippen molar-refractivity contribution in [2.45, 2.75) is 45.3 Å². The summed E-state index contributed by atoms with van der Waals surface area (Å²) in [6, 6.07) is 1.35. The van der Waals surface area contributed by atoms with E-state index in [1.54, 1.807) is 20.8 Å². The largest absolute Gasteiger partial charge is 0.487 e. The van der Waals surface area contributed by atoms with Crippen molar-refractivity contribution in [3.63, 3.8) is 0 Å². The van der Waals surface area contributed by atoms with E-state index in [0.29, 0.717) is 32.0 Å². The van der Waals surface area contributed by atoms with Crippen LogP contribution in [0, 0.1) is 15.9 Å². The highest BCUT2D eigenvalue weighted by molar-refractivity contribution is 5.92. The van der Waals surface area contributed by atoms with E-state index in [1.165, 1.54) is 4.90 Å². The molecule has 0 radical (unpaired) electrons. The van der Waals surface area contributed by atoms with E-state index in [9.17, 15) is 24.1 Å². The summed E-state index contributed by atoms with van der Waals surface area (Å²) < 4.78 is 24.9. The van der Waals surface area contributed by atoms with Gasteiger partial charge < -0.3 is 19.5 Å². The van der Waals surface area contributed by atoms with Gasteiger partial charge in [-0.25, -0.2) is 14.0 Å². The third-order valence-electron chi connectivity index (χ3n) is 3.86. The van der Waals surface area contributed by atoms with Crippen LogP contribution in [0.4, 0.5) is 14.9 Å². The third-order valence-corrected chi connectivity index (χ3v) is 3.86. The lowest BCUT2D eigenvalue weighted by molar-refractivity contribution is -0.385. The zero-order valence-corrected chi connectivity index (χ0v) is 15.2. The van der Waals surface area contributed by atoms with Gasteiger partial charge in [-0.1, -0.05) is 0 Å². The van der Waals surface area contributed by atoms with E-state index in [0.717, 1.165) is 6.07 Å². The van der Waals surface area contributed by atoms with Gasteiger partial charge in [0.2, 0.25) is 0 Å². The fourth-order valence-electron chi connectivity index (χ4n) is 2.62. The van der Waals surface area contributed by atoms with E-state index in [1.807, 2.05) is 0 Å². The predicted octanol–water partition coefficient (Wildman–Crippen LogP) is 3.21. The first-order valence-electron chi connectivity index (χ1n) is 8.33. The number of likely N-dealkylation sites (tertiary alicyclic amines) is 1.